The van der Waals surface area contributed by atoms with E-state index in [1.54, 1.807) is 23.9 Å². The SMILES string of the molecule is CC1(C(=O)NCCSCc2ccccc2F)CCCC1. The number of carbonyl (C=O) groups is 1. The van der Waals surface area contributed by atoms with E-state index in [4.69, 9.17) is 0 Å². The minimum atomic E-state index is -0.157. The highest BCUT2D eigenvalue weighted by atomic mass is 32.2. The van der Waals surface area contributed by atoms with Crippen molar-refractivity contribution in [2.75, 3.05) is 12.3 Å². The van der Waals surface area contributed by atoms with Crippen molar-refractivity contribution in [3.63, 3.8) is 0 Å². The van der Waals surface area contributed by atoms with Crippen LogP contribution in [0, 0.1) is 11.2 Å². The molecule has 1 aliphatic rings. The molecular formula is C16H22FNOS. The molecule has 0 bridgehead atoms. The maximum Gasteiger partial charge on any atom is 0.225 e. The number of benzene rings is 1. The Morgan fingerprint density at radius 1 is 1.35 bits per heavy atom. The quantitative estimate of drug-likeness (QED) is 0.810. The summed E-state index contributed by atoms with van der Waals surface area (Å²) < 4.78 is 13.4. The fourth-order valence-corrected chi connectivity index (χ4v) is 3.47. The van der Waals surface area contributed by atoms with E-state index in [0.717, 1.165) is 37.0 Å². The number of halogens is 1. The van der Waals surface area contributed by atoms with Crippen LogP contribution >= 0.6 is 11.8 Å². The van der Waals surface area contributed by atoms with Crippen LogP contribution in [-0.4, -0.2) is 18.2 Å². The van der Waals surface area contributed by atoms with Crippen molar-refractivity contribution < 1.29 is 9.18 Å². The molecule has 0 aliphatic heterocycles. The van der Waals surface area contributed by atoms with Crippen LogP contribution in [0.25, 0.3) is 0 Å². The van der Waals surface area contributed by atoms with Gasteiger partial charge >= 0.3 is 0 Å². The summed E-state index contributed by atoms with van der Waals surface area (Å²) in [4.78, 5) is 12.1. The number of rotatable bonds is 6. The third-order valence-corrected chi connectivity index (χ3v) is 5.01. The number of amides is 1. The zero-order valence-corrected chi connectivity index (χ0v) is 12.8. The smallest absolute Gasteiger partial charge is 0.225 e. The summed E-state index contributed by atoms with van der Waals surface area (Å²) in [6.07, 6.45) is 4.32. The van der Waals surface area contributed by atoms with Gasteiger partial charge in [-0.2, -0.15) is 11.8 Å². The Hall–Kier alpha value is -1.03. The Labute approximate surface area is 124 Å². The van der Waals surface area contributed by atoms with Gasteiger partial charge in [-0.15, -0.1) is 0 Å². The molecule has 1 aliphatic carbocycles. The zero-order valence-electron chi connectivity index (χ0n) is 12.0. The first-order chi connectivity index (χ1) is 9.62. The summed E-state index contributed by atoms with van der Waals surface area (Å²) in [7, 11) is 0. The van der Waals surface area contributed by atoms with Gasteiger partial charge in [-0.05, 0) is 24.5 Å². The van der Waals surface area contributed by atoms with Crippen LogP contribution in [0.4, 0.5) is 4.39 Å². The van der Waals surface area contributed by atoms with Crippen molar-refractivity contribution in [3.8, 4) is 0 Å². The van der Waals surface area contributed by atoms with Crippen LogP contribution < -0.4 is 5.32 Å². The van der Waals surface area contributed by atoms with Gasteiger partial charge in [0.1, 0.15) is 5.82 Å². The maximum absolute atomic E-state index is 13.4. The van der Waals surface area contributed by atoms with Gasteiger partial charge in [-0.3, -0.25) is 4.79 Å². The molecule has 4 heteroatoms. The van der Waals surface area contributed by atoms with Gasteiger partial charge in [-0.1, -0.05) is 38.0 Å². The topological polar surface area (TPSA) is 29.1 Å². The van der Waals surface area contributed by atoms with Gasteiger partial charge in [0.2, 0.25) is 5.91 Å². The first kappa shape index (κ1) is 15.4. The summed E-state index contributed by atoms with van der Waals surface area (Å²) >= 11 is 1.65. The Balaban J connectivity index is 1.65. The normalized spacial score (nSPS) is 17.1. The van der Waals surface area contributed by atoms with Crippen molar-refractivity contribution in [2.24, 2.45) is 5.41 Å². The number of thioether (sulfide) groups is 1. The molecule has 1 saturated carbocycles. The summed E-state index contributed by atoms with van der Waals surface area (Å²) in [6.45, 7) is 2.72. The molecule has 0 spiro atoms. The third-order valence-electron chi connectivity index (χ3n) is 4.00. The zero-order chi connectivity index (χ0) is 14.4. The molecule has 1 N–H and O–H groups in total. The van der Waals surface area contributed by atoms with Crippen LogP contribution in [0.1, 0.15) is 38.2 Å². The third kappa shape index (κ3) is 3.98. The second-order valence-corrected chi connectivity index (χ2v) is 6.77. The van der Waals surface area contributed by atoms with E-state index in [0.29, 0.717) is 12.3 Å². The van der Waals surface area contributed by atoms with E-state index in [2.05, 4.69) is 12.2 Å². The summed E-state index contributed by atoms with van der Waals surface area (Å²) in [5.41, 5.74) is 0.572. The van der Waals surface area contributed by atoms with E-state index in [1.165, 1.54) is 6.07 Å². The molecule has 0 aromatic heterocycles. The predicted molar refractivity (Wildman–Crippen MR) is 82.1 cm³/mol. The van der Waals surface area contributed by atoms with Gasteiger partial charge in [0.15, 0.2) is 0 Å². The number of hydrogen-bond acceptors (Lipinski definition) is 2. The number of hydrogen-bond donors (Lipinski definition) is 1. The minimum Gasteiger partial charge on any atom is -0.355 e. The van der Waals surface area contributed by atoms with Crippen molar-refractivity contribution in [2.45, 2.75) is 38.4 Å². The standard InChI is InChI=1S/C16H22FNOS/c1-16(8-4-5-9-16)15(19)18-10-11-20-12-13-6-2-3-7-14(13)17/h2-3,6-7H,4-5,8-12H2,1H3,(H,18,19). The van der Waals surface area contributed by atoms with Crippen LogP contribution in [0.5, 0.6) is 0 Å². The molecule has 20 heavy (non-hydrogen) atoms. The van der Waals surface area contributed by atoms with Gasteiger partial charge in [0.25, 0.3) is 0 Å². The first-order valence-corrected chi connectivity index (χ1v) is 8.37. The molecular weight excluding hydrogens is 273 g/mol. The van der Waals surface area contributed by atoms with Crippen molar-refractivity contribution in [3.05, 3.63) is 35.6 Å². The molecule has 1 aromatic carbocycles. The van der Waals surface area contributed by atoms with Crippen molar-refractivity contribution in [1.82, 2.24) is 5.32 Å². The first-order valence-electron chi connectivity index (χ1n) is 7.21. The monoisotopic (exact) mass is 295 g/mol. The molecule has 110 valence electrons. The summed E-state index contributed by atoms with van der Waals surface area (Å²) in [5, 5.41) is 3.01. The van der Waals surface area contributed by atoms with Crippen LogP contribution in [0.3, 0.4) is 0 Å². The second-order valence-electron chi connectivity index (χ2n) is 5.67. The largest absolute Gasteiger partial charge is 0.355 e. The molecule has 0 radical (unpaired) electrons. The van der Waals surface area contributed by atoms with E-state index in [1.807, 2.05) is 6.07 Å². The molecule has 2 rings (SSSR count). The van der Waals surface area contributed by atoms with Gasteiger partial charge in [0, 0.05) is 23.5 Å². The molecule has 0 saturated heterocycles. The van der Waals surface area contributed by atoms with E-state index < -0.39 is 0 Å². The second kappa shape index (κ2) is 7.11. The minimum absolute atomic E-state index is 0.150. The fourth-order valence-electron chi connectivity index (χ4n) is 2.63. The lowest BCUT2D eigenvalue weighted by Gasteiger charge is -2.22. The molecule has 2 nitrogen and oxygen atoms in total. The molecule has 1 fully saturated rings. The van der Waals surface area contributed by atoms with Crippen molar-refractivity contribution in [1.29, 1.82) is 0 Å². The van der Waals surface area contributed by atoms with E-state index in [9.17, 15) is 9.18 Å². The molecule has 0 unspecified atom stereocenters. The van der Waals surface area contributed by atoms with E-state index in [-0.39, 0.29) is 17.1 Å². The average Bonchev–Trinajstić information content (AvgIpc) is 2.88. The Bertz CT molecular complexity index is 458. The van der Waals surface area contributed by atoms with Crippen LogP contribution in [0.2, 0.25) is 0 Å². The van der Waals surface area contributed by atoms with Crippen molar-refractivity contribution >= 4 is 17.7 Å². The Morgan fingerprint density at radius 3 is 2.75 bits per heavy atom. The van der Waals surface area contributed by atoms with Gasteiger partial charge in [-0.25, -0.2) is 4.39 Å². The highest BCUT2D eigenvalue weighted by Crippen LogP contribution is 2.37. The molecule has 0 atom stereocenters. The Kier molecular flexibility index (Phi) is 5.46. The number of carbonyl (C=O) groups excluding carboxylic acids is 1. The highest BCUT2D eigenvalue weighted by molar-refractivity contribution is 7.98. The Morgan fingerprint density at radius 2 is 2.05 bits per heavy atom. The lowest BCUT2D eigenvalue weighted by molar-refractivity contribution is -0.129. The number of nitrogens with one attached hydrogen (secondary N) is 1. The molecule has 1 aromatic rings. The lowest BCUT2D eigenvalue weighted by Crippen LogP contribution is -2.38. The van der Waals surface area contributed by atoms with Gasteiger partial charge < -0.3 is 5.32 Å². The van der Waals surface area contributed by atoms with E-state index >= 15 is 0 Å². The van der Waals surface area contributed by atoms with Gasteiger partial charge in [0.05, 0.1) is 0 Å². The maximum atomic E-state index is 13.4. The van der Waals surface area contributed by atoms with Crippen LogP contribution in [-0.2, 0) is 10.5 Å². The predicted octanol–water partition coefficient (Wildman–Crippen LogP) is 3.76. The lowest BCUT2D eigenvalue weighted by atomic mass is 9.88. The van der Waals surface area contributed by atoms with Crippen LogP contribution in [0.15, 0.2) is 24.3 Å². The summed E-state index contributed by atoms with van der Waals surface area (Å²) in [5.74, 6) is 1.50. The molecule has 1 amide bonds. The highest BCUT2D eigenvalue weighted by Gasteiger charge is 2.35. The fraction of sp³-hybridized carbons (Fsp3) is 0.562. The summed E-state index contributed by atoms with van der Waals surface area (Å²) in [6, 6.07) is 6.84. The average molecular weight is 295 g/mol. The molecule has 0 heterocycles.